The number of hydrogen-bond acceptors (Lipinski definition) is 4. The molecule has 19 heavy (non-hydrogen) atoms. The van der Waals surface area contributed by atoms with Gasteiger partial charge in [0.1, 0.15) is 6.04 Å². The van der Waals surface area contributed by atoms with Gasteiger partial charge in [-0.2, -0.15) is 0 Å². The quantitative estimate of drug-likeness (QED) is 0.862. The summed E-state index contributed by atoms with van der Waals surface area (Å²) >= 11 is 1.43. The standard InChI is InChI=1S/C12H15N3O3S/c1-7-3-4-9(8(2)13-7)14-12(18)15-6-19-5-10(15)11(16)17/h3-4,10H,5-6H2,1-2H3,(H,14,18)(H,16,17)/t10-/m0/s1. The van der Waals surface area contributed by atoms with E-state index in [1.807, 2.05) is 6.92 Å². The van der Waals surface area contributed by atoms with E-state index >= 15 is 0 Å². The monoisotopic (exact) mass is 281 g/mol. The molecular formula is C12H15N3O3S. The minimum Gasteiger partial charge on any atom is -0.480 e. The number of aromatic nitrogens is 1. The van der Waals surface area contributed by atoms with Gasteiger partial charge in [0.15, 0.2) is 0 Å². The van der Waals surface area contributed by atoms with Gasteiger partial charge < -0.3 is 15.3 Å². The molecule has 0 unspecified atom stereocenters. The molecule has 2 rings (SSSR count). The third kappa shape index (κ3) is 2.98. The lowest BCUT2D eigenvalue weighted by Gasteiger charge is -2.21. The Hall–Kier alpha value is -1.76. The van der Waals surface area contributed by atoms with Gasteiger partial charge in [-0.3, -0.25) is 4.98 Å². The summed E-state index contributed by atoms with van der Waals surface area (Å²) in [6.45, 7) is 3.67. The number of amides is 2. The van der Waals surface area contributed by atoms with Crippen molar-refractivity contribution >= 4 is 29.4 Å². The molecule has 1 aliphatic rings. The van der Waals surface area contributed by atoms with Gasteiger partial charge in [-0.15, -0.1) is 11.8 Å². The molecule has 1 aromatic rings. The summed E-state index contributed by atoms with van der Waals surface area (Å²) in [6.07, 6.45) is 0. The molecular weight excluding hydrogens is 266 g/mol. The van der Waals surface area contributed by atoms with Crippen LogP contribution in [0.25, 0.3) is 0 Å². The summed E-state index contributed by atoms with van der Waals surface area (Å²) in [5.41, 5.74) is 2.19. The van der Waals surface area contributed by atoms with Gasteiger partial charge in [0.2, 0.25) is 0 Å². The number of aliphatic carboxylic acids is 1. The van der Waals surface area contributed by atoms with E-state index in [4.69, 9.17) is 5.11 Å². The first-order valence-corrected chi connectivity index (χ1v) is 6.97. The Morgan fingerprint density at radius 3 is 2.84 bits per heavy atom. The number of nitrogens with one attached hydrogen (secondary N) is 1. The number of anilines is 1. The van der Waals surface area contributed by atoms with Gasteiger partial charge in [-0.25, -0.2) is 9.59 Å². The molecule has 102 valence electrons. The molecule has 0 saturated carbocycles. The SMILES string of the molecule is Cc1ccc(NC(=O)N2CSC[C@H]2C(=O)O)c(C)n1. The number of rotatable bonds is 2. The number of carbonyl (C=O) groups is 2. The lowest BCUT2D eigenvalue weighted by atomic mass is 10.2. The zero-order valence-corrected chi connectivity index (χ0v) is 11.5. The van der Waals surface area contributed by atoms with Crippen LogP contribution in [0.2, 0.25) is 0 Å². The van der Waals surface area contributed by atoms with Crippen LogP contribution >= 0.6 is 11.8 Å². The second kappa shape index (κ2) is 5.48. The van der Waals surface area contributed by atoms with Crippen LogP contribution in [-0.2, 0) is 4.79 Å². The third-order valence-electron chi connectivity index (χ3n) is 2.89. The predicted molar refractivity (Wildman–Crippen MR) is 73.3 cm³/mol. The number of aryl methyl sites for hydroxylation is 2. The summed E-state index contributed by atoms with van der Waals surface area (Å²) in [5, 5.41) is 11.8. The van der Waals surface area contributed by atoms with Crippen molar-refractivity contribution in [3.05, 3.63) is 23.5 Å². The van der Waals surface area contributed by atoms with E-state index in [1.165, 1.54) is 16.7 Å². The molecule has 1 aromatic heterocycles. The molecule has 0 radical (unpaired) electrons. The van der Waals surface area contributed by atoms with Crippen LogP contribution in [0.5, 0.6) is 0 Å². The fraction of sp³-hybridized carbons (Fsp3) is 0.417. The largest absolute Gasteiger partial charge is 0.480 e. The van der Waals surface area contributed by atoms with Gasteiger partial charge in [0, 0.05) is 11.4 Å². The zero-order chi connectivity index (χ0) is 14.0. The lowest BCUT2D eigenvalue weighted by Crippen LogP contribution is -2.44. The zero-order valence-electron chi connectivity index (χ0n) is 10.7. The van der Waals surface area contributed by atoms with Gasteiger partial charge >= 0.3 is 12.0 Å². The second-order valence-corrected chi connectivity index (χ2v) is 5.34. The van der Waals surface area contributed by atoms with E-state index in [1.54, 1.807) is 19.1 Å². The second-order valence-electron chi connectivity index (χ2n) is 4.34. The lowest BCUT2D eigenvalue weighted by molar-refractivity contribution is -0.140. The minimum absolute atomic E-state index is 0.390. The molecule has 1 fully saturated rings. The van der Waals surface area contributed by atoms with Gasteiger partial charge in [-0.1, -0.05) is 0 Å². The van der Waals surface area contributed by atoms with E-state index in [0.717, 1.165) is 5.69 Å². The first-order chi connectivity index (χ1) is 8.99. The van der Waals surface area contributed by atoms with Crippen molar-refractivity contribution in [3.8, 4) is 0 Å². The average Bonchev–Trinajstić information content (AvgIpc) is 2.82. The first-order valence-electron chi connectivity index (χ1n) is 5.81. The highest BCUT2D eigenvalue weighted by molar-refractivity contribution is 7.99. The normalized spacial score (nSPS) is 18.4. The summed E-state index contributed by atoms with van der Waals surface area (Å²) < 4.78 is 0. The third-order valence-corrected chi connectivity index (χ3v) is 3.91. The van der Waals surface area contributed by atoms with Crippen molar-refractivity contribution in [1.29, 1.82) is 0 Å². The predicted octanol–water partition coefficient (Wildman–Crippen LogP) is 1.69. The maximum absolute atomic E-state index is 12.1. The topological polar surface area (TPSA) is 82.5 Å². The van der Waals surface area contributed by atoms with Crippen molar-refractivity contribution < 1.29 is 14.7 Å². The molecule has 1 aliphatic heterocycles. The van der Waals surface area contributed by atoms with E-state index in [2.05, 4.69) is 10.3 Å². The summed E-state index contributed by atoms with van der Waals surface area (Å²) in [7, 11) is 0. The highest BCUT2D eigenvalue weighted by Crippen LogP contribution is 2.22. The van der Waals surface area contributed by atoms with Crippen molar-refractivity contribution in [2.24, 2.45) is 0 Å². The average molecular weight is 281 g/mol. The van der Waals surface area contributed by atoms with E-state index < -0.39 is 18.0 Å². The number of carboxylic acids is 1. The number of carbonyl (C=O) groups excluding carboxylic acids is 1. The molecule has 0 bridgehead atoms. The minimum atomic E-state index is -0.973. The molecule has 0 spiro atoms. The molecule has 0 aromatic carbocycles. The Labute approximate surface area is 115 Å². The Kier molecular flexibility index (Phi) is 3.94. The molecule has 7 heteroatoms. The van der Waals surface area contributed by atoms with Crippen LogP contribution in [0.15, 0.2) is 12.1 Å². The molecule has 0 aliphatic carbocycles. The van der Waals surface area contributed by atoms with Gasteiger partial charge in [0.05, 0.1) is 17.3 Å². The van der Waals surface area contributed by atoms with Gasteiger partial charge in [-0.05, 0) is 26.0 Å². The molecule has 6 nitrogen and oxygen atoms in total. The van der Waals surface area contributed by atoms with E-state index in [-0.39, 0.29) is 0 Å². The van der Waals surface area contributed by atoms with Crippen molar-refractivity contribution in [2.45, 2.75) is 19.9 Å². The smallest absolute Gasteiger partial charge is 0.327 e. The fourth-order valence-electron chi connectivity index (χ4n) is 1.85. The van der Waals surface area contributed by atoms with Crippen LogP contribution in [0, 0.1) is 13.8 Å². The maximum Gasteiger partial charge on any atom is 0.327 e. The molecule has 2 amide bonds. The summed E-state index contributed by atoms with van der Waals surface area (Å²) in [5.74, 6) is -0.159. The highest BCUT2D eigenvalue weighted by Gasteiger charge is 2.34. The summed E-state index contributed by atoms with van der Waals surface area (Å²) in [6, 6.07) is 2.42. The Morgan fingerprint density at radius 2 is 2.21 bits per heavy atom. The molecule has 1 saturated heterocycles. The molecule has 2 N–H and O–H groups in total. The first kappa shape index (κ1) is 13.7. The number of thioether (sulfide) groups is 1. The number of pyridine rings is 1. The number of urea groups is 1. The number of carboxylic acid groups (broad SMARTS) is 1. The highest BCUT2D eigenvalue weighted by atomic mass is 32.2. The number of nitrogens with zero attached hydrogens (tertiary/aromatic N) is 2. The van der Waals surface area contributed by atoms with Crippen molar-refractivity contribution in [3.63, 3.8) is 0 Å². The summed E-state index contributed by atoms with van der Waals surface area (Å²) in [4.78, 5) is 28.7. The van der Waals surface area contributed by atoms with Crippen LogP contribution in [0.4, 0.5) is 10.5 Å². The fourth-order valence-corrected chi connectivity index (χ4v) is 3.00. The van der Waals surface area contributed by atoms with Crippen LogP contribution in [0.1, 0.15) is 11.4 Å². The van der Waals surface area contributed by atoms with Gasteiger partial charge in [0.25, 0.3) is 0 Å². The Bertz CT molecular complexity index is 521. The Morgan fingerprint density at radius 1 is 1.47 bits per heavy atom. The number of hydrogen-bond donors (Lipinski definition) is 2. The molecule has 1 atom stereocenters. The van der Waals surface area contributed by atoms with E-state index in [0.29, 0.717) is 23.0 Å². The Balaban J connectivity index is 2.10. The van der Waals surface area contributed by atoms with Crippen LogP contribution in [-0.4, -0.2) is 44.7 Å². The van der Waals surface area contributed by atoms with Crippen LogP contribution < -0.4 is 5.32 Å². The van der Waals surface area contributed by atoms with Crippen molar-refractivity contribution in [1.82, 2.24) is 9.88 Å². The van der Waals surface area contributed by atoms with Crippen molar-refractivity contribution in [2.75, 3.05) is 16.9 Å². The van der Waals surface area contributed by atoms with Crippen LogP contribution in [0.3, 0.4) is 0 Å². The maximum atomic E-state index is 12.1. The molecule has 2 heterocycles. The van der Waals surface area contributed by atoms with E-state index in [9.17, 15) is 9.59 Å².